The number of hydrogen-bond donors (Lipinski definition) is 1. The molecule has 8 nitrogen and oxygen atoms in total. The Labute approximate surface area is 148 Å². The van der Waals surface area contributed by atoms with E-state index >= 15 is 0 Å². The number of likely N-dealkylation sites (tertiary alicyclic amines) is 1. The number of hydrogen-bond acceptors (Lipinski definition) is 5. The molecular weight excluding hydrogens is 324 g/mol. The lowest BCUT2D eigenvalue weighted by Crippen LogP contribution is -2.44. The maximum absolute atomic E-state index is 12.4. The molecule has 2 rings (SSSR count). The van der Waals surface area contributed by atoms with Crippen molar-refractivity contribution in [3.05, 3.63) is 11.4 Å². The summed E-state index contributed by atoms with van der Waals surface area (Å²) in [5.74, 6) is -1.09. The van der Waals surface area contributed by atoms with Gasteiger partial charge in [-0.3, -0.25) is 0 Å². The summed E-state index contributed by atoms with van der Waals surface area (Å²) >= 11 is 0. The van der Waals surface area contributed by atoms with Crippen LogP contribution in [0.15, 0.2) is 0 Å². The van der Waals surface area contributed by atoms with Gasteiger partial charge in [0.15, 0.2) is 5.69 Å². The number of aromatic nitrogens is 3. The summed E-state index contributed by atoms with van der Waals surface area (Å²) in [5, 5.41) is 17.4. The molecule has 25 heavy (non-hydrogen) atoms. The van der Waals surface area contributed by atoms with E-state index in [0.29, 0.717) is 18.8 Å². The summed E-state index contributed by atoms with van der Waals surface area (Å²) < 4.78 is 7.13. The number of carboxylic acid groups (broad SMARTS) is 1. The van der Waals surface area contributed by atoms with Crippen LogP contribution >= 0.6 is 0 Å². The molecular formula is C17H28N4O4. The summed E-state index contributed by atoms with van der Waals surface area (Å²) in [5.41, 5.74) is -0.423. The van der Waals surface area contributed by atoms with E-state index in [4.69, 9.17) is 4.74 Å². The van der Waals surface area contributed by atoms with Crippen LogP contribution in [0.4, 0.5) is 4.79 Å². The van der Waals surface area contributed by atoms with E-state index < -0.39 is 17.0 Å². The topological polar surface area (TPSA) is 97.5 Å². The minimum atomic E-state index is -1.09. The largest absolute Gasteiger partial charge is 0.476 e. The average molecular weight is 352 g/mol. The van der Waals surface area contributed by atoms with E-state index in [2.05, 4.69) is 10.3 Å². The Balaban J connectivity index is 2.27. The lowest BCUT2D eigenvalue weighted by atomic mass is 9.89. The maximum atomic E-state index is 12.4. The van der Waals surface area contributed by atoms with E-state index in [1.165, 1.54) is 0 Å². The summed E-state index contributed by atoms with van der Waals surface area (Å²) in [4.78, 5) is 25.5. The number of ether oxygens (including phenoxy) is 1. The fraction of sp³-hybridized carbons (Fsp3) is 0.765. The normalized spacial score (nSPS) is 19.0. The van der Waals surface area contributed by atoms with Gasteiger partial charge in [-0.1, -0.05) is 26.0 Å². The first kappa shape index (κ1) is 19.2. The SMILES string of the molecule is CC(C)(C)OC(=O)N1CCCC(n2nnc(C(=O)O)c2C(C)(C)C)C1. The quantitative estimate of drug-likeness (QED) is 0.879. The highest BCUT2D eigenvalue weighted by atomic mass is 16.6. The van der Waals surface area contributed by atoms with Crippen LogP contribution in [-0.4, -0.2) is 55.8 Å². The number of amides is 1. The van der Waals surface area contributed by atoms with Gasteiger partial charge in [0, 0.05) is 18.5 Å². The number of carboxylic acids is 1. The molecule has 0 bridgehead atoms. The zero-order valence-electron chi connectivity index (χ0n) is 15.9. The van der Waals surface area contributed by atoms with Gasteiger partial charge < -0.3 is 14.7 Å². The molecule has 0 saturated carbocycles. The van der Waals surface area contributed by atoms with Crippen LogP contribution in [0.3, 0.4) is 0 Å². The Hall–Kier alpha value is -2.12. The first-order valence-corrected chi connectivity index (χ1v) is 8.57. The van der Waals surface area contributed by atoms with Crippen molar-refractivity contribution in [1.29, 1.82) is 0 Å². The van der Waals surface area contributed by atoms with Crippen LogP contribution in [0.5, 0.6) is 0 Å². The summed E-state index contributed by atoms with van der Waals surface area (Å²) in [6, 6.07) is -0.115. The third-order valence-electron chi connectivity index (χ3n) is 4.00. The van der Waals surface area contributed by atoms with Crippen LogP contribution in [0.1, 0.15) is 76.6 Å². The van der Waals surface area contributed by atoms with Crippen molar-refractivity contribution in [2.45, 2.75) is 71.4 Å². The molecule has 1 atom stereocenters. The van der Waals surface area contributed by atoms with Crippen molar-refractivity contribution >= 4 is 12.1 Å². The van der Waals surface area contributed by atoms with Gasteiger partial charge in [-0.15, -0.1) is 5.10 Å². The number of carbonyl (C=O) groups excluding carboxylic acids is 1. The number of carbonyl (C=O) groups is 2. The summed E-state index contributed by atoms with van der Waals surface area (Å²) in [6.07, 6.45) is 1.26. The number of aromatic carboxylic acids is 1. The van der Waals surface area contributed by atoms with Crippen molar-refractivity contribution in [1.82, 2.24) is 19.9 Å². The Morgan fingerprint density at radius 2 is 1.84 bits per heavy atom. The van der Waals surface area contributed by atoms with Gasteiger partial charge in [-0.25, -0.2) is 14.3 Å². The molecule has 0 radical (unpaired) electrons. The van der Waals surface area contributed by atoms with Crippen LogP contribution in [0.25, 0.3) is 0 Å². The Bertz CT molecular complexity index is 655. The van der Waals surface area contributed by atoms with Gasteiger partial charge in [0.1, 0.15) is 5.60 Å². The molecule has 0 spiro atoms. The molecule has 1 aliphatic heterocycles. The average Bonchev–Trinajstić information content (AvgIpc) is 2.90. The maximum Gasteiger partial charge on any atom is 0.410 e. The molecule has 1 N–H and O–H groups in total. The molecule has 8 heteroatoms. The van der Waals surface area contributed by atoms with Crippen molar-refractivity contribution < 1.29 is 19.4 Å². The smallest absolute Gasteiger partial charge is 0.410 e. The van der Waals surface area contributed by atoms with E-state index in [1.807, 2.05) is 41.5 Å². The first-order chi connectivity index (χ1) is 11.4. The molecule has 0 aliphatic carbocycles. The minimum Gasteiger partial charge on any atom is -0.476 e. The van der Waals surface area contributed by atoms with Gasteiger partial charge in [-0.05, 0) is 33.6 Å². The van der Waals surface area contributed by atoms with Gasteiger partial charge in [0.05, 0.1) is 11.7 Å². The van der Waals surface area contributed by atoms with Gasteiger partial charge in [-0.2, -0.15) is 0 Å². The Morgan fingerprint density at radius 3 is 2.36 bits per heavy atom. The third-order valence-corrected chi connectivity index (χ3v) is 4.00. The van der Waals surface area contributed by atoms with Crippen LogP contribution in [0, 0.1) is 0 Å². The van der Waals surface area contributed by atoms with Crippen LogP contribution < -0.4 is 0 Å². The van der Waals surface area contributed by atoms with Crippen LogP contribution in [0.2, 0.25) is 0 Å². The fourth-order valence-electron chi connectivity index (χ4n) is 3.04. The number of nitrogens with zero attached hydrogens (tertiary/aromatic N) is 4. The predicted octanol–water partition coefficient (Wildman–Crippen LogP) is 2.85. The molecule has 1 fully saturated rings. The van der Waals surface area contributed by atoms with Crippen molar-refractivity contribution in [2.24, 2.45) is 0 Å². The highest BCUT2D eigenvalue weighted by molar-refractivity contribution is 5.86. The molecule has 140 valence electrons. The zero-order chi connectivity index (χ0) is 19.0. The first-order valence-electron chi connectivity index (χ1n) is 8.57. The molecule has 1 saturated heterocycles. The molecule has 1 aromatic rings. The highest BCUT2D eigenvalue weighted by Crippen LogP contribution is 2.31. The molecule has 0 aromatic carbocycles. The third kappa shape index (κ3) is 4.49. The molecule has 1 amide bonds. The summed E-state index contributed by atoms with van der Waals surface area (Å²) in [6.45, 7) is 12.4. The van der Waals surface area contributed by atoms with Crippen LogP contribution in [-0.2, 0) is 10.2 Å². The number of rotatable bonds is 2. The zero-order valence-corrected chi connectivity index (χ0v) is 15.9. The van der Waals surface area contributed by atoms with Crippen molar-refractivity contribution in [3.63, 3.8) is 0 Å². The second-order valence-electron chi connectivity index (χ2n) is 8.51. The van der Waals surface area contributed by atoms with Crippen molar-refractivity contribution in [3.8, 4) is 0 Å². The summed E-state index contributed by atoms with van der Waals surface area (Å²) in [7, 11) is 0. The van der Waals surface area contributed by atoms with Gasteiger partial charge in [0.25, 0.3) is 0 Å². The van der Waals surface area contributed by atoms with E-state index in [9.17, 15) is 14.7 Å². The lowest BCUT2D eigenvalue weighted by molar-refractivity contribution is 0.0163. The fourth-order valence-corrected chi connectivity index (χ4v) is 3.04. The molecule has 1 aromatic heterocycles. The highest BCUT2D eigenvalue weighted by Gasteiger charge is 2.35. The van der Waals surface area contributed by atoms with E-state index in [1.54, 1.807) is 9.58 Å². The lowest BCUT2D eigenvalue weighted by Gasteiger charge is -2.35. The number of piperidine rings is 1. The van der Waals surface area contributed by atoms with Crippen molar-refractivity contribution in [2.75, 3.05) is 13.1 Å². The monoisotopic (exact) mass is 352 g/mol. The van der Waals surface area contributed by atoms with E-state index in [-0.39, 0.29) is 17.8 Å². The Kier molecular flexibility index (Phi) is 5.11. The molecule has 1 aliphatic rings. The minimum absolute atomic E-state index is 0.0260. The molecule has 2 heterocycles. The standard InChI is InChI=1S/C17H28N4O4/c1-16(2,3)13-12(14(22)23)18-19-21(13)11-8-7-9-20(10-11)15(24)25-17(4,5)6/h11H,7-10H2,1-6H3,(H,22,23). The predicted molar refractivity (Wildman–Crippen MR) is 91.8 cm³/mol. The van der Waals surface area contributed by atoms with E-state index in [0.717, 1.165) is 12.8 Å². The Morgan fingerprint density at radius 1 is 1.20 bits per heavy atom. The second kappa shape index (κ2) is 6.65. The van der Waals surface area contributed by atoms with Gasteiger partial charge in [0.2, 0.25) is 0 Å². The second-order valence-corrected chi connectivity index (χ2v) is 8.51. The molecule has 1 unspecified atom stereocenters. The van der Waals surface area contributed by atoms with Gasteiger partial charge >= 0.3 is 12.1 Å².